The minimum atomic E-state index is -4.44. The molecule has 1 unspecified atom stereocenters. The zero-order valence-electron chi connectivity index (χ0n) is 18.5. The molecule has 1 amide bonds. The van der Waals surface area contributed by atoms with Crippen molar-refractivity contribution < 1.29 is 18.0 Å². The lowest BCUT2D eigenvalue weighted by atomic mass is 9.78. The number of anilines is 2. The minimum absolute atomic E-state index is 0.124. The number of hydrogen-bond donors (Lipinski definition) is 2. The molecule has 2 aliphatic rings. The number of primary amides is 1. The maximum atomic E-state index is 12.8. The summed E-state index contributed by atoms with van der Waals surface area (Å²) in [4.78, 5) is 14.5. The standard InChI is InChI=1S/C23H27F3N6O/c1-13-9-14(2)32(13)18-7-8-20(15(10-18)11-27)31-12-19(21(28)33)22(30-31)29-17-5-3-16(4-6-17)23(24,25)26/h3-6,12-15,18,20H,7-10H2,1-2H3,(H2,28,33)(H,29,30)/t13-,14-,15?,18-,20+/m1/s1. The molecule has 1 aliphatic carbocycles. The van der Waals surface area contributed by atoms with E-state index in [1.54, 1.807) is 4.68 Å². The fourth-order valence-electron chi connectivity index (χ4n) is 5.33. The molecule has 0 radical (unpaired) electrons. The molecule has 5 atom stereocenters. The number of nitrogens with one attached hydrogen (secondary N) is 1. The summed E-state index contributed by atoms with van der Waals surface area (Å²) >= 11 is 0. The molecule has 4 rings (SSSR count). The summed E-state index contributed by atoms with van der Waals surface area (Å²) in [5.41, 5.74) is 5.22. The van der Waals surface area contributed by atoms with Crippen molar-refractivity contribution in [1.29, 1.82) is 5.26 Å². The maximum Gasteiger partial charge on any atom is 0.416 e. The Morgan fingerprint density at radius 3 is 2.39 bits per heavy atom. The molecule has 2 fully saturated rings. The van der Waals surface area contributed by atoms with Crippen LogP contribution < -0.4 is 11.1 Å². The van der Waals surface area contributed by atoms with Crippen molar-refractivity contribution >= 4 is 17.4 Å². The Labute approximate surface area is 190 Å². The van der Waals surface area contributed by atoms with E-state index in [0.717, 1.165) is 37.8 Å². The van der Waals surface area contributed by atoms with Crippen LogP contribution in [-0.4, -0.2) is 38.7 Å². The summed E-state index contributed by atoms with van der Waals surface area (Å²) in [6, 6.07) is 8.03. The van der Waals surface area contributed by atoms with E-state index in [1.807, 2.05) is 0 Å². The van der Waals surface area contributed by atoms with Crippen LogP contribution in [0.5, 0.6) is 0 Å². The van der Waals surface area contributed by atoms with Crippen molar-refractivity contribution in [3.8, 4) is 6.07 Å². The highest BCUT2D eigenvalue weighted by molar-refractivity contribution is 5.98. The van der Waals surface area contributed by atoms with Gasteiger partial charge in [0.05, 0.1) is 23.6 Å². The number of nitrogens with zero attached hydrogens (tertiary/aromatic N) is 4. The number of amides is 1. The van der Waals surface area contributed by atoms with Crippen molar-refractivity contribution in [1.82, 2.24) is 14.7 Å². The zero-order chi connectivity index (χ0) is 23.9. The molecule has 7 nitrogen and oxygen atoms in total. The second-order valence-corrected chi connectivity index (χ2v) is 9.09. The lowest BCUT2D eigenvalue weighted by molar-refractivity contribution is -0.137. The van der Waals surface area contributed by atoms with Crippen LogP contribution in [0.15, 0.2) is 30.5 Å². The zero-order valence-corrected chi connectivity index (χ0v) is 18.5. The van der Waals surface area contributed by atoms with Gasteiger partial charge in [0, 0.05) is 30.0 Å². The van der Waals surface area contributed by atoms with E-state index in [0.29, 0.717) is 23.8 Å². The lowest BCUT2D eigenvalue weighted by Gasteiger charge is -2.52. The van der Waals surface area contributed by atoms with Crippen LogP contribution in [0.4, 0.5) is 24.7 Å². The van der Waals surface area contributed by atoms with Gasteiger partial charge in [0.15, 0.2) is 5.82 Å². The van der Waals surface area contributed by atoms with Crippen molar-refractivity contribution in [2.24, 2.45) is 11.7 Å². The number of aromatic nitrogens is 2. The lowest BCUT2D eigenvalue weighted by Crippen LogP contribution is -2.59. The summed E-state index contributed by atoms with van der Waals surface area (Å²) in [5, 5.41) is 17.2. The maximum absolute atomic E-state index is 12.8. The quantitative estimate of drug-likeness (QED) is 0.686. The molecule has 0 spiro atoms. The third-order valence-corrected chi connectivity index (χ3v) is 6.89. The van der Waals surface area contributed by atoms with Crippen LogP contribution in [0.2, 0.25) is 0 Å². The van der Waals surface area contributed by atoms with Crippen molar-refractivity contribution in [3.63, 3.8) is 0 Å². The van der Waals surface area contributed by atoms with E-state index in [2.05, 4.69) is 35.2 Å². The number of hydrogen-bond acceptors (Lipinski definition) is 5. The molecule has 1 saturated heterocycles. The monoisotopic (exact) mass is 460 g/mol. The number of nitriles is 1. The SMILES string of the molecule is C[C@@H]1C[C@@H](C)N1[C@@H]1CC[C@H](n2cc(C(N)=O)c(Nc3ccc(C(F)(F)F)cc3)n2)C(C#N)C1. The second-order valence-electron chi connectivity index (χ2n) is 9.09. The van der Waals surface area contributed by atoms with E-state index in [-0.39, 0.29) is 23.3 Å². The molecule has 0 bridgehead atoms. The summed E-state index contributed by atoms with van der Waals surface area (Å²) in [5.74, 6) is -0.824. The number of rotatable bonds is 5. The molecule has 1 aromatic carbocycles. The number of halogens is 3. The molecule has 1 aliphatic heterocycles. The molecular formula is C23H27F3N6O. The highest BCUT2D eigenvalue weighted by atomic mass is 19.4. The van der Waals surface area contributed by atoms with Gasteiger partial charge < -0.3 is 11.1 Å². The molecule has 2 heterocycles. The first-order chi connectivity index (χ1) is 15.6. The minimum Gasteiger partial charge on any atom is -0.365 e. The molecular weight excluding hydrogens is 433 g/mol. The molecule has 1 aromatic heterocycles. The van der Waals surface area contributed by atoms with E-state index in [1.165, 1.54) is 18.3 Å². The van der Waals surface area contributed by atoms with Crippen LogP contribution in [0, 0.1) is 17.2 Å². The highest BCUT2D eigenvalue weighted by Crippen LogP contribution is 2.41. The Kier molecular flexibility index (Phi) is 6.10. The molecule has 176 valence electrons. The predicted octanol–water partition coefficient (Wildman–Crippen LogP) is 4.46. The van der Waals surface area contributed by atoms with Crippen LogP contribution in [0.25, 0.3) is 0 Å². The first-order valence-corrected chi connectivity index (χ1v) is 11.1. The number of benzene rings is 1. The Bertz CT molecular complexity index is 1050. The Hall–Kier alpha value is -3.06. The van der Waals surface area contributed by atoms with Gasteiger partial charge in [0.25, 0.3) is 5.91 Å². The van der Waals surface area contributed by atoms with Gasteiger partial charge in [-0.3, -0.25) is 14.4 Å². The van der Waals surface area contributed by atoms with Gasteiger partial charge in [-0.25, -0.2) is 0 Å². The Morgan fingerprint density at radius 2 is 1.85 bits per heavy atom. The van der Waals surface area contributed by atoms with Crippen molar-refractivity contribution in [2.45, 2.75) is 69.9 Å². The molecule has 33 heavy (non-hydrogen) atoms. The topological polar surface area (TPSA) is 100.0 Å². The van der Waals surface area contributed by atoms with Crippen LogP contribution in [0.1, 0.15) is 61.5 Å². The van der Waals surface area contributed by atoms with Crippen molar-refractivity contribution in [3.05, 3.63) is 41.6 Å². The number of nitrogens with two attached hydrogens (primary N) is 1. The average molecular weight is 461 g/mol. The molecule has 1 saturated carbocycles. The van der Waals surface area contributed by atoms with Gasteiger partial charge in [-0.2, -0.15) is 23.5 Å². The highest BCUT2D eigenvalue weighted by Gasteiger charge is 2.42. The van der Waals surface area contributed by atoms with Gasteiger partial charge in [0.1, 0.15) is 5.56 Å². The summed E-state index contributed by atoms with van der Waals surface area (Å²) in [6.45, 7) is 4.42. The fraction of sp³-hybridized carbons (Fsp3) is 0.522. The van der Waals surface area contributed by atoms with Gasteiger partial charge in [-0.1, -0.05) is 0 Å². The van der Waals surface area contributed by atoms with Gasteiger partial charge >= 0.3 is 6.18 Å². The molecule has 2 aromatic rings. The van der Waals surface area contributed by atoms with E-state index >= 15 is 0 Å². The van der Waals surface area contributed by atoms with Crippen molar-refractivity contribution in [2.75, 3.05) is 5.32 Å². The predicted molar refractivity (Wildman–Crippen MR) is 117 cm³/mol. The largest absolute Gasteiger partial charge is 0.416 e. The average Bonchev–Trinajstić information content (AvgIpc) is 3.17. The van der Waals surface area contributed by atoms with Crippen LogP contribution >= 0.6 is 0 Å². The summed E-state index contributed by atoms with van der Waals surface area (Å²) < 4.78 is 40.1. The van der Waals surface area contributed by atoms with Gasteiger partial charge in [-0.05, 0) is 63.8 Å². The van der Waals surface area contributed by atoms with E-state index in [4.69, 9.17) is 5.73 Å². The number of carbonyl (C=O) groups is 1. The third-order valence-electron chi connectivity index (χ3n) is 6.89. The number of carbonyl (C=O) groups excluding carboxylic acids is 1. The molecule has 3 N–H and O–H groups in total. The first kappa shape index (κ1) is 23.1. The van der Waals surface area contributed by atoms with E-state index in [9.17, 15) is 23.2 Å². The van der Waals surface area contributed by atoms with Gasteiger partial charge in [-0.15, -0.1) is 0 Å². The summed E-state index contributed by atoms with van der Waals surface area (Å²) in [6.07, 6.45) is 0.637. The molecule has 10 heteroatoms. The normalized spacial score (nSPS) is 28.1. The Morgan fingerprint density at radius 1 is 1.18 bits per heavy atom. The van der Waals surface area contributed by atoms with E-state index < -0.39 is 17.6 Å². The number of likely N-dealkylation sites (tertiary alicyclic amines) is 1. The number of alkyl halides is 3. The van der Waals surface area contributed by atoms with Gasteiger partial charge in [0.2, 0.25) is 0 Å². The Balaban J connectivity index is 1.54. The summed E-state index contributed by atoms with van der Waals surface area (Å²) in [7, 11) is 0. The smallest absolute Gasteiger partial charge is 0.365 e. The first-order valence-electron chi connectivity index (χ1n) is 11.1. The van der Waals surface area contributed by atoms with Crippen LogP contribution in [-0.2, 0) is 6.18 Å². The fourth-order valence-corrected chi connectivity index (χ4v) is 5.33. The third kappa shape index (κ3) is 4.55. The van der Waals surface area contributed by atoms with Crippen LogP contribution in [0.3, 0.4) is 0 Å². The second kappa shape index (κ2) is 8.71.